The minimum atomic E-state index is -4.81. The van der Waals surface area contributed by atoms with Gasteiger partial charge in [0.15, 0.2) is 0 Å². The van der Waals surface area contributed by atoms with Crippen molar-refractivity contribution in [1.82, 2.24) is 14.9 Å². The number of hydrogen-bond acceptors (Lipinski definition) is 5. The Bertz CT molecular complexity index is 1190. The summed E-state index contributed by atoms with van der Waals surface area (Å²) >= 11 is 0. The van der Waals surface area contributed by atoms with Gasteiger partial charge in [-0.3, -0.25) is 19.5 Å². The van der Waals surface area contributed by atoms with Gasteiger partial charge in [-0.2, -0.15) is 13.2 Å². The van der Waals surface area contributed by atoms with E-state index in [4.69, 9.17) is 10.5 Å². The number of benzene rings is 1. The van der Waals surface area contributed by atoms with Gasteiger partial charge in [-0.1, -0.05) is 30.3 Å². The molecular weight excluding hydrogens is 437 g/mol. The number of alkyl halides is 3. The number of rotatable bonds is 5. The highest BCUT2D eigenvalue weighted by Crippen LogP contribution is 2.35. The molecule has 33 heavy (non-hydrogen) atoms. The molecule has 1 unspecified atom stereocenters. The Hall–Kier alpha value is -3.50. The van der Waals surface area contributed by atoms with Gasteiger partial charge < -0.3 is 15.5 Å². The van der Waals surface area contributed by atoms with Crippen LogP contribution in [-0.4, -0.2) is 40.5 Å². The molecule has 1 aliphatic rings. The van der Waals surface area contributed by atoms with Crippen molar-refractivity contribution < 1.29 is 22.7 Å². The van der Waals surface area contributed by atoms with Crippen molar-refractivity contribution in [1.29, 1.82) is 0 Å². The van der Waals surface area contributed by atoms with Crippen molar-refractivity contribution in [2.75, 3.05) is 19.8 Å². The van der Waals surface area contributed by atoms with Crippen LogP contribution < -0.4 is 11.3 Å². The second-order valence-corrected chi connectivity index (χ2v) is 7.71. The molecule has 1 atom stereocenters. The van der Waals surface area contributed by atoms with E-state index in [2.05, 4.69) is 9.88 Å². The lowest BCUT2D eigenvalue weighted by molar-refractivity contribution is -0.140. The number of morpholine rings is 1. The highest BCUT2D eigenvalue weighted by molar-refractivity contribution is 5.93. The molecule has 172 valence electrons. The maximum Gasteiger partial charge on any atom is 0.431 e. The lowest BCUT2D eigenvalue weighted by Gasteiger charge is -2.35. The molecule has 1 saturated heterocycles. The smallest absolute Gasteiger partial charge is 0.378 e. The Morgan fingerprint density at radius 3 is 2.64 bits per heavy atom. The number of nitrogens with one attached hydrogen (secondary N) is 1. The van der Waals surface area contributed by atoms with Crippen LogP contribution in [0.2, 0.25) is 0 Å². The number of nitrogens with two attached hydrogens (primary N) is 1. The van der Waals surface area contributed by atoms with Gasteiger partial charge in [0.25, 0.3) is 11.5 Å². The van der Waals surface area contributed by atoms with Gasteiger partial charge in [0, 0.05) is 31.0 Å². The van der Waals surface area contributed by atoms with Crippen molar-refractivity contribution >= 4 is 5.91 Å². The molecule has 7 nitrogen and oxygen atoms in total. The molecule has 0 spiro atoms. The van der Waals surface area contributed by atoms with Crippen LogP contribution in [0.5, 0.6) is 0 Å². The molecular formula is C23H21F3N4O3. The van der Waals surface area contributed by atoms with Gasteiger partial charge in [-0.15, -0.1) is 0 Å². The molecule has 1 amide bonds. The number of ether oxygens (including phenoxy) is 1. The molecule has 0 radical (unpaired) electrons. The number of primary amides is 1. The first-order valence-corrected chi connectivity index (χ1v) is 10.2. The Kier molecular flexibility index (Phi) is 6.30. The molecule has 4 rings (SSSR count). The molecule has 3 N–H and O–H groups in total. The predicted molar refractivity (Wildman–Crippen MR) is 114 cm³/mol. The van der Waals surface area contributed by atoms with E-state index in [0.717, 1.165) is 17.2 Å². The number of aromatic amines is 1. The maximum absolute atomic E-state index is 13.5. The zero-order chi connectivity index (χ0) is 23.6. The van der Waals surface area contributed by atoms with Gasteiger partial charge in [-0.05, 0) is 28.8 Å². The number of nitrogens with zero attached hydrogens (tertiary/aromatic N) is 2. The number of aromatic nitrogens is 2. The highest BCUT2D eigenvalue weighted by Gasteiger charge is 2.36. The van der Waals surface area contributed by atoms with E-state index < -0.39 is 28.9 Å². The molecule has 3 heterocycles. The van der Waals surface area contributed by atoms with E-state index in [9.17, 15) is 22.8 Å². The zero-order valence-corrected chi connectivity index (χ0v) is 17.4. The van der Waals surface area contributed by atoms with Crippen molar-refractivity contribution in [3.05, 3.63) is 87.6 Å². The van der Waals surface area contributed by atoms with Crippen LogP contribution >= 0.6 is 0 Å². The molecule has 10 heteroatoms. The minimum absolute atomic E-state index is 0.0151. The molecule has 3 aromatic rings. The average Bonchev–Trinajstić information content (AvgIpc) is 2.80. The molecule has 1 aliphatic heterocycles. The Morgan fingerprint density at radius 2 is 2.00 bits per heavy atom. The summed E-state index contributed by atoms with van der Waals surface area (Å²) < 4.78 is 46.2. The Balaban J connectivity index is 1.63. The third kappa shape index (κ3) is 4.96. The van der Waals surface area contributed by atoms with Crippen molar-refractivity contribution in [2.45, 2.75) is 18.8 Å². The molecule has 0 saturated carbocycles. The SMILES string of the molecule is NC(=O)c1cc(-c2ccc(CN3CCOCC3c3cccnc3)cc2)c(C(F)(F)F)[nH]c1=O. The predicted octanol–water partition coefficient (Wildman–Crippen LogP) is 3.13. The minimum Gasteiger partial charge on any atom is -0.378 e. The highest BCUT2D eigenvalue weighted by atomic mass is 19.4. The summed E-state index contributed by atoms with van der Waals surface area (Å²) in [6, 6.07) is 11.2. The zero-order valence-electron chi connectivity index (χ0n) is 17.4. The molecule has 2 aromatic heterocycles. The normalized spacial score (nSPS) is 17.1. The summed E-state index contributed by atoms with van der Waals surface area (Å²) in [6.45, 7) is 2.36. The fourth-order valence-corrected chi connectivity index (χ4v) is 3.90. The number of halogens is 3. The van der Waals surface area contributed by atoms with E-state index in [1.807, 2.05) is 12.1 Å². The Morgan fingerprint density at radius 1 is 1.24 bits per heavy atom. The van der Waals surface area contributed by atoms with Crippen LogP contribution in [0, 0.1) is 0 Å². The van der Waals surface area contributed by atoms with Gasteiger partial charge in [0.2, 0.25) is 0 Å². The van der Waals surface area contributed by atoms with E-state index in [1.165, 1.54) is 12.1 Å². The second kappa shape index (κ2) is 9.16. The molecule has 0 bridgehead atoms. The number of carbonyl (C=O) groups is 1. The Labute approximate surface area is 187 Å². The fourth-order valence-electron chi connectivity index (χ4n) is 3.90. The van der Waals surface area contributed by atoms with Crippen LogP contribution in [0.4, 0.5) is 13.2 Å². The van der Waals surface area contributed by atoms with Gasteiger partial charge in [0.1, 0.15) is 11.3 Å². The standard InChI is InChI=1S/C23H21F3N4O3/c24-23(25,26)20-17(10-18(21(27)31)22(32)29-20)15-5-3-14(4-6-15)12-30-8-9-33-13-19(30)16-2-1-7-28-11-16/h1-7,10-11,19H,8-9,12-13H2,(H2,27,31)(H,29,32). The van der Waals surface area contributed by atoms with Crippen LogP contribution in [0.1, 0.15) is 33.2 Å². The van der Waals surface area contributed by atoms with Crippen molar-refractivity contribution in [3.8, 4) is 11.1 Å². The lowest BCUT2D eigenvalue weighted by Crippen LogP contribution is -2.39. The fraction of sp³-hybridized carbons (Fsp3) is 0.261. The van der Waals surface area contributed by atoms with Crippen LogP contribution in [-0.2, 0) is 17.5 Å². The van der Waals surface area contributed by atoms with Crippen molar-refractivity contribution in [3.63, 3.8) is 0 Å². The van der Waals surface area contributed by atoms with E-state index >= 15 is 0 Å². The molecule has 0 aliphatic carbocycles. The van der Waals surface area contributed by atoms with Gasteiger partial charge in [-0.25, -0.2) is 0 Å². The first kappa shape index (κ1) is 22.7. The topological polar surface area (TPSA) is 101 Å². The summed E-state index contributed by atoms with van der Waals surface area (Å²) in [4.78, 5) is 31.5. The van der Waals surface area contributed by atoms with Crippen LogP contribution in [0.15, 0.2) is 59.7 Å². The lowest BCUT2D eigenvalue weighted by atomic mass is 9.99. The quantitative estimate of drug-likeness (QED) is 0.612. The van der Waals surface area contributed by atoms with Gasteiger partial charge >= 0.3 is 6.18 Å². The van der Waals surface area contributed by atoms with Gasteiger partial charge in [0.05, 0.1) is 19.3 Å². The van der Waals surface area contributed by atoms with Crippen molar-refractivity contribution in [2.24, 2.45) is 5.73 Å². The first-order valence-electron chi connectivity index (χ1n) is 10.2. The number of amides is 1. The number of H-pyrrole nitrogens is 1. The summed E-state index contributed by atoms with van der Waals surface area (Å²) in [5.41, 5.74) is 4.02. The summed E-state index contributed by atoms with van der Waals surface area (Å²) in [7, 11) is 0. The first-order chi connectivity index (χ1) is 15.7. The third-order valence-corrected chi connectivity index (χ3v) is 5.55. The number of pyridine rings is 2. The van der Waals surface area contributed by atoms with E-state index in [-0.39, 0.29) is 17.2 Å². The summed E-state index contributed by atoms with van der Waals surface area (Å²) in [5.74, 6) is -1.10. The monoisotopic (exact) mass is 458 g/mol. The molecule has 1 fully saturated rings. The summed E-state index contributed by atoms with van der Waals surface area (Å²) in [5, 5.41) is 0. The maximum atomic E-state index is 13.5. The largest absolute Gasteiger partial charge is 0.431 e. The van der Waals surface area contributed by atoms with Crippen LogP contribution in [0.25, 0.3) is 11.1 Å². The third-order valence-electron chi connectivity index (χ3n) is 5.55. The number of carbonyl (C=O) groups excluding carboxylic acids is 1. The second-order valence-electron chi connectivity index (χ2n) is 7.71. The average molecular weight is 458 g/mol. The van der Waals surface area contributed by atoms with E-state index in [0.29, 0.717) is 26.3 Å². The van der Waals surface area contributed by atoms with E-state index in [1.54, 1.807) is 29.5 Å². The number of hydrogen-bond donors (Lipinski definition) is 2. The van der Waals surface area contributed by atoms with Crippen LogP contribution in [0.3, 0.4) is 0 Å². The summed E-state index contributed by atoms with van der Waals surface area (Å²) in [6.07, 6.45) is -1.32. The molecule has 1 aromatic carbocycles.